The van der Waals surface area contributed by atoms with E-state index >= 15 is 0 Å². The first-order valence-corrected chi connectivity index (χ1v) is 13.5. The molecule has 2 amide bonds. The molecule has 0 saturated carbocycles. The number of hydrogen-bond acceptors (Lipinski definition) is 9. The van der Waals surface area contributed by atoms with Gasteiger partial charge in [-0.05, 0) is 63.1 Å². The lowest BCUT2D eigenvalue weighted by Crippen LogP contribution is -2.37. The van der Waals surface area contributed by atoms with E-state index in [0.29, 0.717) is 52.1 Å². The Kier molecular flexibility index (Phi) is 9.41. The molecule has 4 aromatic rings. The minimum Gasteiger partial charge on any atom is -0.493 e. The van der Waals surface area contributed by atoms with Crippen molar-refractivity contribution in [2.75, 3.05) is 31.0 Å². The van der Waals surface area contributed by atoms with E-state index in [9.17, 15) is 9.59 Å². The van der Waals surface area contributed by atoms with Crippen molar-refractivity contribution in [1.29, 1.82) is 0 Å². The monoisotopic (exact) mass is 573 g/mol. The first-order chi connectivity index (χ1) is 20.1. The van der Waals surface area contributed by atoms with Gasteiger partial charge in [0.2, 0.25) is 11.8 Å². The Labute approximate surface area is 244 Å². The van der Waals surface area contributed by atoms with Crippen LogP contribution >= 0.6 is 0 Å². The predicted molar refractivity (Wildman–Crippen MR) is 160 cm³/mol. The lowest BCUT2D eigenvalue weighted by molar-refractivity contribution is -0.115. The Morgan fingerprint density at radius 3 is 2.26 bits per heavy atom. The van der Waals surface area contributed by atoms with Crippen LogP contribution in [0.1, 0.15) is 39.7 Å². The number of benzene rings is 2. The largest absolute Gasteiger partial charge is 0.493 e. The van der Waals surface area contributed by atoms with Gasteiger partial charge < -0.3 is 24.3 Å². The minimum atomic E-state index is -0.609. The molecule has 0 atom stereocenters. The summed E-state index contributed by atoms with van der Waals surface area (Å²) in [6.07, 6.45) is 3.41. The van der Waals surface area contributed by atoms with E-state index < -0.39 is 11.7 Å². The van der Waals surface area contributed by atoms with E-state index in [2.05, 4.69) is 20.3 Å². The van der Waals surface area contributed by atoms with Crippen LogP contribution in [0, 0.1) is 0 Å². The van der Waals surface area contributed by atoms with Gasteiger partial charge in [0.25, 0.3) is 0 Å². The summed E-state index contributed by atoms with van der Waals surface area (Å²) in [5, 5.41) is 3.46. The summed E-state index contributed by atoms with van der Waals surface area (Å²) in [7, 11) is 3.12. The fourth-order valence-corrected chi connectivity index (χ4v) is 4.09. The lowest BCUT2D eigenvalue weighted by Gasteiger charge is -2.27. The third-order valence-electron chi connectivity index (χ3n) is 5.99. The van der Waals surface area contributed by atoms with Crippen LogP contribution in [0.15, 0.2) is 61.1 Å². The van der Waals surface area contributed by atoms with Gasteiger partial charge in [0.05, 0.1) is 43.4 Å². The van der Waals surface area contributed by atoms with Crippen molar-refractivity contribution >= 4 is 34.4 Å². The zero-order valence-electron chi connectivity index (χ0n) is 24.6. The molecule has 0 aliphatic carbocycles. The molecule has 0 bridgehead atoms. The highest BCUT2D eigenvalue weighted by atomic mass is 16.6. The third kappa shape index (κ3) is 7.62. The van der Waals surface area contributed by atoms with Crippen molar-refractivity contribution in [2.45, 2.75) is 46.1 Å². The number of nitrogens with one attached hydrogen (secondary N) is 1. The van der Waals surface area contributed by atoms with Gasteiger partial charge >= 0.3 is 6.09 Å². The van der Waals surface area contributed by atoms with E-state index in [-0.39, 0.29) is 12.3 Å². The number of carbonyl (C=O) groups is 2. The second-order valence-electron chi connectivity index (χ2n) is 10.4. The maximum Gasteiger partial charge on any atom is 0.414 e. The summed E-state index contributed by atoms with van der Waals surface area (Å²) in [5.41, 5.74) is 1.42. The van der Waals surface area contributed by atoms with Crippen molar-refractivity contribution in [1.82, 2.24) is 15.0 Å². The van der Waals surface area contributed by atoms with Crippen LogP contribution in [0.25, 0.3) is 10.9 Å². The molecule has 2 heterocycles. The quantitative estimate of drug-likeness (QED) is 0.237. The molecule has 0 unspecified atom stereocenters. The summed E-state index contributed by atoms with van der Waals surface area (Å²) in [6.45, 7) is 7.93. The topological polar surface area (TPSA) is 125 Å². The lowest BCUT2D eigenvalue weighted by atomic mass is 10.1. The van der Waals surface area contributed by atoms with Gasteiger partial charge in [0, 0.05) is 12.6 Å². The summed E-state index contributed by atoms with van der Waals surface area (Å²) < 4.78 is 22.3. The second kappa shape index (κ2) is 13.2. The van der Waals surface area contributed by atoms with Crippen LogP contribution in [0.3, 0.4) is 0 Å². The molecule has 1 N–H and O–H groups in total. The van der Waals surface area contributed by atoms with Crippen LogP contribution in [0.4, 0.5) is 16.3 Å². The van der Waals surface area contributed by atoms with E-state index in [4.69, 9.17) is 18.9 Å². The summed E-state index contributed by atoms with van der Waals surface area (Å²) >= 11 is 0. The van der Waals surface area contributed by atoms with Crippen LogP contribution in [-0.2, 0) is 16.0 Å². The SMILES string of the molecule is CCCN(C(=O)OC(C)(C)C)c1ccc(NC(=O)Cc2ccc(Oc3ncnc4cc(OC)c(OC)cc34)cc2)nc1. The standard InChI is InChI=1S/C31H35N5O6/c1-7-14-36(30(38)42-31(2,3)4)21-10-13-27(32-18-21)35-28(37)15-20-8-11-22(12-9-20)41-29-23-16-25(39-5)26(40-6)17-24(23)33-19-34-29/h8-13,16-19H,7,14-15H2,1-6H3,(H,32,35,37). The smallest absolute Gasteiger partial charge is 0.414 e. The molecule has 0 radical (unpaired) electrons. The molecular formula is C31H35N5O6. The molecule has 2 aromatic heterocycles. The van der Waals surface area contributed by atoms with Gasteiger partial charge in [0.15, 0.2) is 11.5 Å². The van der Waals surface area contributed by atoms with E-state index in [1.165, 1.54) is 11.2 Å². The zero-order chi connectivity index (χ0) is 30.3. The number of pyridine rings is 1. The van der Waals surface area contributed by atoms with Crippen molar-refractivity contribution < 1.29 is 28.5 Å². The van der Waals surface area contributed by atoms with Crippen molar-refractivity contribution in [3.8, 4) is 23.1 Å². The Balaban J connectivity index is 1.38. The van der Waals surface area contributed by atoms with Gasteiger partial charge in [-0.25, -0.2) is 19.7 Å². The molecule has 4 rings (SSSR count). The molecule has 0 aliphatic rings. The Bertz CT molecular complexity index is 1530. The highest BCUT2D eigenvalue weighted by Crippen LogP contribution is 2.35. The Morgan fingerprint density at radius 2 is 1.64 bits per heavy atom. The van der Waals surface area contributed by atoms with Crippen LogP contribution in [0.5, 0.6) is 23.1 Å². The second-order valence-corrected chi connectivity index (χ2v) is 10.4. The van der Waals surface area contributed by atoms with Gasteiger partial charge in [-0.1, -0.05) is 19.1 Å². The van der Waals surface area contributed by atoms with Crippen molar-refractivity contribution in [2.24, 2.45) is 0 Å². The average molecular weight is 574 g/mol. The van der Waals surface area contributed by atoms with E-state index in [1.54, 1.807) is 56.8 Å². The van der Waals surface area contributed by atoms with Gasteiger partial charge in [-0.2, -0.15) is 0 Å². The Hall–Kier alpha value is -4.93. The number of anilines is 2. The molecule has 11 heteroatoms. The predicted octanol–water partition coefficient (Wildman–Crippen LogP) is 6.17. The number of methoxy groups -OCH3 is 2. The minimum absolute atomic E-state index is 0.136. The molecular weight excluding hydrogens is 538 g/mol. The molecule has 0 aliphatic heterocycles. The van der Waals surface area contributed by atoms with Crippen molar-refractivity contribution in [3.63, 3.8) is 0 Å². The number of aromatic nitrogens is 3. The molecule has 11 nitrogen and oxygen atoms in total. The molecule has 0 spiro atoms. The summed E-state index contributed by atoms with van der Waals surface area (Å²) in [4.78, 5) is 39.7. The maximum absolute atomic E-state index is 12.7. The number of fused-ring (bicyclic) bond motifs is 1. The number of amides is 2. The number of carbonyl (C=O) groups excluding carboxylic acids is 2. The van der Waals surface area contributed by atoms with E-state index in [0.717, 1.165) is 12.0 Å². The first kappa shape index (κ1) is 30.0. The fraction of sp³-hybridized carbons (Fsp3) is 0.323. The molecule has 220 valence electrons. The number of hydrogen-bond donors (Lipinski definition) is 1. The maximum atomic E-state index is 12.7. The number of ether oxygens (including phenoxy) is 4. The molecule has 42 heavy (non-hydrogen) atoms. The normalized spacial score (nSPS) is 11.1. The van der Waals surface area contributed by atoms with Crippen LogP contribution in [-0.4, -0.2) is 53.3 Å². The van der Waals surface area contributed by atoms with Gasteiger partial charge in [0.1, 0.15) is 23.5 Å². The zero-order valence-corrected chi connectivity index (χ0v) is 24.6. The van der Waals surface area contributed by atoms with E-state index in [1.807, 2.05) is 39.8 Å². The van der Waals surface area contributed by atoms with Gasteiger partial charge in [-0.3, -0.25) is 9.69 Å². The average Bonchev–Trinajstić information content (AvgIpc) is 2.96. The highest BCUT2D eigenvalue weighted by molar-refractivity contribution is 5.92. The number of nitrogens with zero attached hydrogens (tertiary/aromatic N) is 4. The first-order valence-electron chi connectivity index (χ1n) is 13.5. The summed E-state index contributed by atoms with van der Waals surface area (Å²) in [6, 6.07) is 14.1. The van der Waals surface area contributed by atoms with Gasteiger partial charge in [-0.15, -0.1) is 0 Å². The molecule has 0 saturated heterocycles. The highest BCUT2D eigenvalue weighted by Gasteiger charge is 2.23. The fourth-order valence-electron chi connectivity index (χ4n) is 4.09. The van der Waals surface area contributed by atoms with Crippen molar-refractivity contribution in [3.05, 3.63) is 66.6 Å². The third-order valence-corrected chi connectivity index (χ3v) is 5.99. The van der Waals surface area contributed by atoms with Crippen LogP contribution < -0.4 is 24.4 Å². The Morgan fingerprint density at radius 1 is 0.929 bits per heavy atom. The number of rotatable bonds is 10. The molecule has 2 aromatic carbocycles. The summed E-state index contributed by atoms with van der Waals surface area (Å²) in [5.74, 6) is 2.16. The van der Waals surface area contributed by atoms with Crippen LogP contribution in [0.2, 0.25) is 0 Å². The molecule has 0 fully saturated rings.